The molecule has 1 unspecified atom stereocenters. The summed E-state index contributed by atoms with van der Waals surface area (Å²) < 4.78 is 0. The van der Waals surface area contributed by atoms with Gasteiger partial charge in [0.15, 0.2) is 0 Å². The first-order valence-electron chi connectivity index (χ1n) is 6.23. The fraction of sp³-hybridized carbons (Fsp3) is 0.833. The fourth-order valence-electron chi connectivity index (χ4n) is 2.52. The van der Waals surface area contributed by atoms with Gasteiger partial charge in [-0.1, -0.05) is 0 Å². The average molecular weight is 240 g/mol. The van der Waals surface area contributed by atoms with Crippen LogP contribution in [0.2, 0.25) is 0 Å². The SMILES string of the molecule is CC(C)(NC(=O)N1CCCC1C(=O)O)C1CC1. The number of carbonyl (C=O) groups is 2. The number of nitrogens with one attached hydrogen (secondary N) is 1. The lowest BCUT2D eigenvalue weighted by Gasteiger charge is -2.30. The van der Waals surface area contributed by atoms with E-state index >= 15 is 0 Å². The van der Waals surface area contributed by atoms with Crippen molar-refractivity contribution in [3.63, 3.8) is 0 Å². The molecule has 0 bridgehead atoms. The third-order valence-electron chi connectivity index (χ3n) is 3.83. The summed E-state index contributed by atoms with van der Waals surface area (Å²) in [6.45, 7) is 4.56. The van der Waals surface area contributed by atoms with Crippen molar-refractivity contribution >= 4 is 12.0 Å². The number of carboxylic acid groups (broad SMARTS) is 1. The third-order valence-corrected chi connectivity index (χ3v) is 3.83. The van der Waals surface area contributed by atoms with Crippen LogP contribution in [0.25, 0.3) is 0 Å². The molecule has 5 heteroatoms. The zero-order chi connectivity index (χ0) is 12.6. The Balaban J connectivity index is 1.97. The van der Waals surface area contributed by atoms with E-state index in [0.29, 0.717) is 18.9 Å². The van der Waals surface area contributed by atoms with Gasteiger partial charge in [-0.3, -0.25) is 0 Å². The lowest BCUT2D eigenvalue weighted by atomic mass is 9.99. The molecule has 5 nitrogen and oxygen atoms in total. The van der Waals surface area contributed by atoms with Gasteiger partial charge in [0.25, 0.3) is 0 Å². The van der Waals surface area contributed by atoms with Gasteiger partial charge in [-0.15, -0.1) is 0 Å². The summed E-state index contributed by atoms with van der Waals surface area (Å²) in [5, 5.41) is 12.0. The summed E-state index contributed by atoms with van der Waals surface area (Å²) in [6, 6.07) is -0.878. The highest BCUT2D eigenvalue weighted by molar-refractivity contribution is 5.83. The van der Waals surface area contributed by atoms with E-state index in [-0.39, 0.29) is 11.6 Å². The van der Waals surface area contributed by atoms with Crippen molar-refractivity contribution in [2.24, 2.45) is 5.92 Å². The molecule has 0 spiro atoms. The number of amides is 2. The number of rotatable bonds is 3. The van der Waals surface area contributed by atoms with Crippen LogP contribution in [0.3, 0.4) is 0 Å². The van der Waals surface area contributed by atoms with Crippen LogP contribution in [0.1, 0.15) is 39.5 Å². The summed E-state index contributed by atoms with van der Waals surface area (Å²) in [5.74, 6) is -0.362. The lowest BCUT2D eigenvalue weighted by Crippen LogP contribution is -2.53. The number of carbonyl (C=O) groups excluding carboxylic acids is 1. The predicted molar refractivity (Wildman–Crippen MR) is 62.7 cm³/mol. The molecule has 0 aromatic heterocycles. The van der Waals surface area contributed by atoms with E-state index in [9.17, 15) is 9.59 Å². The summed E-state index contributed by atoms with van der Waals surface area (Å²) in [6.07, 6.45) is 3.63. The van der Waals surface area contributed by atoms with Gasteiger partial charge in [0.2, 0.25) is 0 Å². The molecule has 1 atom stereocenters. The van der Waals surface area contributed by atoms with Crippen molar-refractivity contribution in [2.75, 3.05) is 6.54 Å². The molecule has 1 heterocycles. The molecule has 2 aliphatic rings. The Morgan fingerprint density at radius 2 is 1.94 bits per heavy atom. The first kappa shape index (κ1) is 12.2. The van der Waals surface area contributed by atoms with Gasteiger partial charge in [0.05, 0.1) is 0 Å². The van der Waals surface area contributed by atoms with Crippen LogP contribution in [0, 0.1) is 5.92 Å². The van der Waals surface area contributed by atoms with E-state index in [0.717, 1.165) is 19.3 Å². The first-order valence-corrected chi connectivity index (χ1v) is 6.23. The molecule has 96 valence electrons. The van der Waals surface area contributed by atoms with Gasteiger partial charge in [0.1, 0.15) is 6.04 Å². The second kappa shape index (κ2) is 4.20. The van der Waals surface area contributed by atoms with E-state index in [2.05, 4.69) is 5.32 Å². The highest BCUT2D eigenvalue weighted by Crippen LogP contribution is 2.39. The van der Waals surface area contributed by atoms with Crippen LogP contribution in [0.5, 0.6) is 0 Å². The average Bonchev–Trinajstić information content (AvgIpc) is 2.95. The molecule has 0 aromatic rings. The molecule has 2 rings (SSSR count). The number of aliphatic carboxylic acids is 1. The molecule has 1 aliphatic heterocycles. The second-order valence-corrected chi connectivity index (χ2v) is 5.62. The van der Waals surface area contributed by atoms with Crippen LogP contribution < -0.4 is 5.32 Å². The fourth-order valence-corrected chi connectivity index (χ4v) is 2.52. The minimum absolute atomic E-state index is 0.220. The minimum atomic E-state index is -0.901. The van der Waals surface area contributed by atoms with Crippen molar-refractivity contribution in [1.82, 2.24) is 10.2 Å². The molecular formula is C12H20N2O3. The summed E-state index contributed by atoms with van der Waals surface area (Å²) >= 11 is 0. The summed E-state index contributed by atoms with van der Waals surface area (Å²) in [7, 11) is 0. The van der Waals surface area contributed by atoms with Gasteiger partial charge in [0, 0.05) is 12.1 Å². The minimum Gasteiger partial charge on any atom is -0.480 e. The van der Waals surface area contributed by atoms with Crippen molar-refractivity contribution in [3.8, 4) is 0 Å². The standard InChI is InChI=1S/C12H20N2O3/c1-12(2,8-5-6-8)13-11(17)14-7-3-4-9(14)10(15)16/h8-9H,3-7H2,1-2H3,(H,13,17)(H,15,16). The van der Waals surface area contributed by atoms with E-state index in [1.165, 1.54) is 4.90 Å². The molecule has 2 fully saturated rings. The maximum absolute atomic E-state index is 12.1. The Hall–Kier alpha value is -1.26. The molecule has 1 saturated carbocycles. The molecule has 0 aromatic carbocycles. The zero-order valence-corrected chi connectivity index (χ0v) is 10.4. The first-order chi connectivity index (χ1) is 7.92. The van der Waals surface area contributed by atoms with Crippen LogP contribution >= 0.6 is 0 Å². The van der Waals surface area contributed by atoms with Crippen LogP contribution in [0.4, 0.5) is 4.79 Å². The molecule has 1 aliphatic carbocycles. The Labute approximate surface area is 101 Å². The van der Waals surface area contributed by atoms with Gasteiger partial charge < -0.3 is 15.3 Å². The van der Waals surface area contributed by atoms with Crippen molar-refractivity contribution in [3.05, 3.63) is 0 Å². The molecule has 2 N–H and O–H groups in total. The predicted octanol–water partition coefficient (Wildman–Crippen LogP) is 1.43. The third kappa shape index (κ3) is 2.53. The second-order valence-electron chi connectivity index (χ2n) is 5.62. The van der Waals surface area contributed by atoms with Crippen molar-refractivity contribution < 1.29 is 14.7 Å². The number of urea groups is 1. The Morgan fingerprint density at radius 1 is 1.29 bits per heavy atom. The van der Waals surface area contributed by atoms with E-state index in [4.69, 9.17) is 5.11 Å². The number of hydrogen-bond acceptors (Lipinski definition) is 2. The summed E-state index contributed by atoms with van der Waals surface area (Å²) in [5.41, 5.74) is -0.220. The maximum Gasteiger partial charge on any atom is 0.326 e. The van der Waals surface area contributed by atoms with Crippen LogP contribution in [-0.4, -0.2) is 40.1 Å². The lowest BCUT2D eigenvalue weighted by molar-refractivity contribution is -0.141. The quantitative estimate of drug-likeness (QED) is 0.784. The Morgan fingerprint density at radius 3 is 2.47 bits per heavy atom. The Kier molecular flexibility index (Phi) is 3.02. The van der Waals surface area contributed by atoms with Gasteiger partial charge >= 0.3 is 12.0 Å². The number of likely N-dealkylation sites (tertiary alicyclic amines) is 1. The van der Waals surface area contributed by atoms with E-state index in [1.807, 2.05) is 13.8 Å². The van der Waals surface area contributed by atoms with Gasteiger partial charge in [-0.25, -0.2) is 9.59 Å². The highest BCUT2D eigenvalue weighted by atomic mass is 16.4. The van der Waals surface area contributed by atoms with Crippen LogP contribution in [-0.2, 0) is 4.79 Å². The van der Waals surface area contributed by atoms with E-state index in [1.54, 1.807) is 0 Å². The molecule has 1 saturated heterocycles. The molecule has 17 heavy (non-hydrogen) atoms. The Bertz CT molecular complexity index is 337. The topological polar surface area (TPSA) is 69.6 Å². The van der Waals surface area contributed by atoms with Gasteiger partial charge in [-0.2, -0.15) is 0 Å². The molecular weight excluding hydrogens is 220 g/mol. The van der Waals surface area contributed by atoms with E-state index < -0.39 is 12.0 Å². The summed E-state index contributed by atoms with van der Waals surface area (Å²) in [4.78, 5) is 24.5. The smallest absolute Gasteiger partial charge is 0.326 e. The number of carboxylic acids is 1. The largest absolute Gasteiger partial charge is 0.480 e. The van der Waals surface area contributed by atoms with Gasteiger partial charge in [-0.05, 0) is 45.4 Å². The monoisotopic (exact) mass is 240 g/mol. The molecule has 0 radical (unpaired) electrons. The van der Waals surface area contributed by atoms with Crippen molar-refractivity contribution in [1.29, 1.82) is 0 Å². The zero-order valence-electron chi connectivity index (χ0n) is 10.4. The molecule has 2 amide bonds. The number of nitrogens with zero attached hydrogens (tertiary/aromatic N) is 1. The maximum atomic E-state index is 12.1. The normalized spacial score (nSPS) is 24.8. The van der Waals surface area contributed by atoms with Crippen LogP contribution in [0.15, 0.2) is 0 Å². The van der Waals surface area contributed by atoms with Crippen molar-refractivity contribution in [2.45, 2.75) is 51.1 Å². The highest BCUT2D eigenvalue weighted by Gasteiger charge is 2.41. The number of hydrogen-bond donors (Lipinski definition) is 2.